The van der Waals surface area contributed by atoms with Crippen molar-refractivity contribution in [3.63, 3.8) is 0 Å². The number of thiocarbonyl (C=S) groups is 1. The van der Waals surface area contributed by atoms with Crippen molar-refractivity contribution in [1.82, 2.24) is 4.90 Å². The number of hydrogen-bond acceptors (Lipinski definition) is 4. The Morgan fingerprint density at radius 1 is 1.26 bits per heavy atom. The average Bonchev–Trinajstić information content (AvgIpc) is 2.90. The summed E-state index contributed by atoms with van der Waals surface area (Å²) in [6.45, 7) is 3.54. The predicted molar refractivity (Wildman–Crippen MR) is 111 cm³/mol. The number of aryl methyl sites for hydroxylation is 1. The number of nitrogens with one attached hydrogen (secondary N) is 1. The van der Waals surface area contributed by atoms with Gasteiger partial charge in [0.05, 0.1) is 4.91 Å². The molecule has 3 rings (SSSR count). The van der Waals surface area contributed by atoms with E-state index in [2.05, 4.69) is 5.32 Å². The first-order chi connectivity index (χ1) is 12.9. The fourth-order valence-electron chi connectivity index (χ4n) is 2.63. The summed E-state index contributed by atoms with van der Waals surface area (Å²) in [5, 5.41) is 2.79. The number of amides is 2. The van der Waals surface area contributed by atoms with Crippen LogP contribution in [0, 0.1) is 12.7 Å². The largest absolute Gasteiger partial charge is 0.324 e. The van der Waals surface area contributed by atoms with Gasteiger partial charge in [0.15, 0.2) is 0 Å². The van der Waals surface area contributed by atoms with E-state index in [1.807, 2.05) is 25.1 Å². The Bertz CT molecular complexity index is 959. The zero-order valence-electron chi connectivity index (χ0n) is 14.7. The maximum absolute atomic E-state index is 13.9. The fourth-order valence-corrected chi connectivity index (χ4v) is 4.04. The second-order valence-corrected chi connectivity index (χ2v) is 7.78. The Hall–Kier alpha value is -2.51. The molecule has 2 aromatic carbocycles. The molecule has 1 N–H and O–H groups in total. The molecule has 1 atom stereocenters. The molecule has 2 amide bonds. The highest BCUT2D eigenvalue weighted by atomic mass is 32.2. The molecule has 0 spiro atoms. The molecule has 138 valence electrons. The first-order valence-corrected chi connectivity index (χ1v) is 9.48. The number of nitrogens with zero attached hydrogens (tertiary/aromatic N) is 1. The summed E-state index contributed by atoms with van der Waals surface area (Å²) in [7, 11) is 0. The minimum atomic E-state index is -0.787. The first-order valence-electron chi connectivity index (χ1n) is 8.26. The molecule has 0 bridgehead atoms. The summed E-state index contributed by atoms with van der Waals surface area (Å²) in [4.78, 5) is 26.9. The second kappa shape index (κ2) is 8.02. The van der Waals surface area contributed by atoms with Crippen LogP contribution >= 0.6 is 24.0 Å². The first kappa shape index (κ1) is 19.3. The number of carbonyl (C=O) groups excluding carboxylic acids is 2. The van der Waals surface area contributed by atoms with Crippen LogP contribution in [0.25, 0.3) is 6.08 Å². The molecule has 1 saturated heterocycles. The van der Waals surface area contributed by atoms with E-state index in [0.717, 1.165) is 17.3 Å². The van der Waals surface area contributed by atoms with Crippen molar-refractivity contribution in [3.05, 3.63) is 70.4 Å². The Morgan fingerprint density at radius 2 is 2.00 bits per heavy atom. The zero-order chi connectivity index (χ0) is 19.6. The molecule has 4 nitrogen and oxygen atoms in total. The van der Waals surface area contributed by atoms with E-state index >= 15 is 0 Å². The van der Waals surface area contributed by atoms with Gasteiger partial charge in [0.1, 0.15) is 16.2 Å². The van der Waals surface area contributed by atoms with Crippen molar-refractivity contribution in [3.8, 4) is 0 Å². The number of rotatable bonds is 4. The van der Waals surface area contributed by atoms with Gasteiger partial charge < -0.3 is 5.32 Å². The van der Waals surface area contributed by atoms with Gasteiger partial charge in [0.2, 0.25) is 5.91 Å². The third-order valence-corrected chi connectivity index (χ3v) is 5.40. The van der Waals surface area contributed by atoms with Crippen LogP contribution in [0.4, 0.5) is 10.1 Å². The van der Waals surface area contributed by atoms with E-state index < -0.39 is 17.8 Å². The predicted octanol–water partition coefficient (Wildman–Crippen LogP) is 4.36. The lowest BCUT2D eigenvalue weighted by Gasteiger charge is -2.22. The van der Waals surface area contributed by atoms with E-state index in [4.69, 9.17) is 12.2 Å². The lowest BCUT2D eigenvalue weighted by atomic mass is 10.2. The van der Waals surface area contributed by atoms with Crippen LogP contribution < -0.4 is 5.32 Å². The number of anilines is 1. The van der Waals surface area contributed by atoms with Gasteiger partial charge in [-0.2, -0.15) is 0 Å². The van der Waals surface area contributed by atoms with Crippen molar-refractivity contribution >= 4 is 51.9 Å². The van der Waals surface area contributed by atoms with Crippen LogP contribution in [0.2, 0.25) is 0 Å². The summed E-state index contributed by atoms with van der Waals surface area (Å²) in [6, 6.07) is 12.8. The van der Waals surface area contributed by atoms with Crippen LogP contribution in [-0.2, 0) is 9.59 Å². The topological polar surface area (TPSA) is 49.4 Å². The lowest BCUT2D eigenvalue weighted by molar-refractivity contribution is -0.129. The number of hydrogen-bond donors (Lipinski definition) is 1. The molecule has 1 heterocycles. The van der Waals surface area contributed by atoms with Crippen LogP contribution in [0.1, 0.15) is 18.1 Å². The lowest BCUT2D eigenvalue weighted by Crippen LogP contribution is -2.44. The summed E-state index contributed by atoms with van der Waals surface area (Å²) in [5.41, 5.74) is 1.97. The Balaban J connectivity index is 1.78. The van der Waals surface area contributed by atoms with Gasteiger partial charge in [-0.3, -0.25) is 14.5 Å². The summed E-state index contributed by atoms with van der Waals surface area (Å²) in [5.74, 6) is -1.17. The maximum atomic E-state index is 13.9. The van der Waals surface area contributed by atoms with E-state index in [-0.39, 0.29) is 10.2 Å². The van der Waals surface area contributed by atoms with Gasteiger partial charge in [-0.15, -0.1) is 0 Å². The molecular formula is C20H17FN2O2S2. The number of thioether (sulfide) groups is 1. The number of halogens is 1. The third kappa shape index (κ3) is 4.26. The maximum Gasteiger partial charge on any atom is 0.266 e. The normalized spacial score (nSPS) is 16.7. The zero-order valence-corrected chi connectivity index (χ0v) is 16.4. The molecule has 27 heavy (non-hydrogen) atoms. The Kier molecular flexibility index (Phi) is 5.72. The second-order valence-electron chi connectivity index (χ2n) is 6.11. The van der Waals surface area contributed by atoms with E-state index in [1.165, 1.54) is 17.0 Å². The highest BCUT2D eigenvalue weighted by Crippen LogP contribution is 2.34. The Labute approximate surface area is 166 Å². The van der Waals surface area contributed by atoms with Gasteiger partial charge >= 0.3 is 0 Å². The quantitative estimate of drug-likeness (QED) is 0.612. The molecule has 0 aliphatic carbocycles. The molecule has 1 fully saturated rings. The highest BCUT2D eigenvalue weighted by molar-refractivity contribution is 8.26. The van der Waals surface area contributed by atoms with Gasteiger partial charge in [0, 0.05) is 11.3 Å². The number of benzene rings is 2. The third-order valence-electron chi connectivity index (χ3n) is 4.07. The van der Waals surface area contributed by atoms with Crippen molar-refractivity contribution < 1.29 is 14.0 Å². The smallest absolute Gasteiger partial charge is 0.266 e. The minimum absolute atomic E-state index is 0.273. The molecule has 7 heteroatoms. The number of carbonyl (C=O) groups is 2. The van der Waals surface area contributed by atoms with Crippen molar-refractivity contribution in [2.75, 3.05) is 5.32 Å². The van der Waals surface area contributed by atoms with E-state index in [9.17, 15) is 14.0 Å². The van der Waals surface area contributed by atoms with Crippen molar-refractivity contribution in [2.24, 2.45) is 0 Å². The van der Waals surface area contributed by atoms with Gasteiger partial charge in [-0.25, -0.2) is 4.39 Å². The minimum Gasteiger partial charge on any atom is -0.324 e. The highest BCUT2D eigenvalue weighted by Gasteiger charge is 2.38. The SMILES string of the molecule is Cc1cccc(NC(=O)C(C)N2C(=O)/C(=C/c3ccccc3F)SC2=S)c1. The molecule has 1 aliphatic rings. The summed E-state index contributed by atoms with van der Waals surface area (Å²) in [6.07, 6.45) is 1.46. The molecule has 1 unspecified atom stereocenters. The average molecular weight is 401 g/mol. The van der Waals surface area contributed by atoms with E-state index in [0.29, 0.717) is 16.2 Å². The molecule has 1 aliphatic heterocycles. The van der Waals surface area contributed by atoms with Crippen molar-refractivity contribution in [1.29, 1.82) is 0 Å². The molecule has 0 saturated carbocycles. The van der Waals surface area contributed by atoms with E-state index in [1.54, 1.807) is 31.2 Å². The summed E-state index contributed by atoms with van der Waals surface area (Å²) < 4.78 is 14.1. The summed E-state index contributed by atoms with van der Waals surface area (Å²) >= 11 is 6.34. The van der Waals surface area contributed by atoms with Crippen molar-refractivity contribution in [2.45, 2.75) is 19.9 Å². The molecule has 0 aromatic heterocycles. The van der Waals surface area contributed by atoms with Crippen LogP contribution in [0.3, 0.4) is 0 Å². The standard InChI is InChI=1S/C20H17FN2O2S2/c1-12-6-5-8-15(10-12)22-18(24)13(2)23-19(25)17(27-20(23)26)11-14-7-3-4-9-16(14)21/h3-11,13H,1-2H3,(H,22,24)/b17-11-. The van der Waals surface area contributed by atoms with Crippen LogP contribution in [-0.4, -0.2) is 27.1 Å². The molecule has 0 radical (unpaired) electrons. The fraction of sp³-hybridized carbons (Fsp3) is 0.150. The molecular weight excluding hydrogens is 383 g/mol. The molecule has 2 aromatic rings. The Morgan fingerprint density at radius 3 is 2.70 bits per heavy atom. The van der Waals surface area contributed by atoms with Gasteiger partial charge in [-0.05, 0) is 43.7 Å². The monoisotopic (exact) mass is 400 g/mol. The van der Waals surface area contributed by atoms with Gasteiger partial charge in [0.25, 0.3) is 5.91 Å². The van der Waals surface area contributed by atoms with Crippen LogP contribution in [0.5, 0.6) is 0 Å². The van der Waals surface area contributed by atoms with Gasteiger partial charge in [-0.1, -0.05) is 54.3 Å². The van der Waals surface area contributed by atoms with Crippen LogP contribution in [0.15, 0.2) is 53.4 Å².